The number of rotatable bonds is 5. The molecule has 25 heavy (non-hydrogen) atoms. The van der Waals surface area contributed by atoms with Crippen molar-refractivity contribution in [2.45, 2.75) is 23.2 Å². The summed E-state index contributed by atoms with van der Waals surface area (Å²) in [5.41, 5.74) is 1.98. The van der Waals surface area contributed by atoms with Crippen LogP contribution in [0, 0.1) is 0 Å². The van der Waals surface area contributed by atoms with E-state index in [0.717, 1.165) is 30.8 Å². The Morgan fingerprint density at radius 3 is 2.64 bits per heavy atom. The van der Waals surface area contributed by atoms with Crippen LogP contribution in [-0.2, 0) is 16.4 Å². The minimum absolute atomic E-state index is 0.159. The molecule has 8 heteroatoms. The molecule has 0 saturated carbocycles. The molecule has 0 aliphatic carbocycles. The lowest BCUT2D eigenvalue weighted by Crippen LogP contribution is -2.45. The average molecular weight is 367 g/mol. The highest BCUT2D eigenvalue weighted by Crippen LogP contribution is 2.24. The SMILES string of the molecule is O=S(=O)(c1ccc(CN2CCNCC2c2cccnc2)cc1)C(F)F. The van der Waals surface area contributed by atoms with Gasteiger partial charge in [0.1, 0.15) is 0 Å². The molecule has 1 aromatic heterocycles. The summed E-state index contributed by atoms with van der Waals surface area (Å²) in [6.45, 7) is 3.09. The van der Waals surface area contributed by atoms with Crippen LogP contribution in [0.1, 0.15) is 17.2 Å². The summed E-state index contributed by atoms with van der Waals surface area (Å²) in [6, 6.07) is 9.76. The Morgan fingerprint density at radius 1 is 1.24 bits per heavy atom. The summed E-state index contributed by atoms with van der Waals surface area (Å²) in [5.74, 6) is -3.40. The van der Waals surface area contributed by atoms with Crippen LogP contribution in [0.5, 0.6) is 0 Å². The Kier molecular flexibility index (Phi) is 5.41. The van der Waals surface area contributed by atoms with E-state index in [9.17, 15) is 17.2 Å². The van der Waals surface area contributed by atoms with Crippen LogP contribution in [0.3, 0.4) is 0 Å². The lowest BCUT2D eigenvalue weighted by molar-refractivity contribution is 0.153. The predicted molar refractivity (Wildman–Crippen MR) is 89.9 cm³/mol. The molecule has 1 unspecified atom stereocenters. The summed E-state index contributed by atoms with van der Waals surface area (Å²) < 4.78 is 48.2. The maximum Gasteiger partial charge on any atom is 0.341 e. The Balaban J connectivity index is 1.76. The van der Waals surface area contributed by atoms with Crippen molar-refractivity contribution >= 4 is 9.84 Å². The predicted octanol–water partition coefficient (Wildman–Crippen LogP) is 2.22. The molecule has 5 nitrogen and oxygen atoms in total. The quantitative estimate of drug-likeness (QED) is 0.878. The zero-order valence-corrected chi connectivity index (χ0v) is 14.3. The van der Waals surface area contributed by atoms with Crippen molar-refractivity contribution in [2.75, 3.05) is 19.6 Å². The van der Waals surface area contributed by atoms with Crippen LogP contribution in [0.15, 0.2) is 53.7 Å². The van der Waals surface area contributed by atoms with Crippen LogP contribution >= 0.6 is 0 Å². The number of halogens is 2. The smallest absolute Gasteiger partial charge is 0.314 e. The molecule has 0 bridgehead atoms. The topological polar surface area (TPSA) is 62.3 Å². The van der Waals surface area contributed by atoms with Crippen LogP contribution in [0.2, 0.25) is 0 Å². The number of pyridine rings is 1. The molecule has 1 N–H and O–H groups in total. The molecule has 1 aliphatic rings. The summed E-state index contributed by atoms with van der Waals surface area (Å²) in [5, 5.41) is 3.36. The van der Waals surface area contributed by atoms with Gasteiger partial charge in [0.15, 0.2) is 0 Å². The summed E-state index contributed by atoms with van der Waals surface area (Å²) in [7, 11) is -4.55. The third kappa shape index (κ3) is 4.02. The first-order valence-corrected chi connectivity index (χ1v) is 9.49. The highest BCUT2D eigenvalue weighted by molar-refractivity contribution is 7.91. The Labute approximate surface area is 145 Å². The van der Waals surface area contributed by atoms with Crippen LogP contribution in [0.25, 0.3) is 0 Å². The van der Waals surface area contributed by atoms with Gasteiger partial charge in [-0.05, 0) is 29.3 Å². The monoisotopic (exact) mass is 367 g/mol. The van der Waals surface area contributed by atoms with Gasteiger partial charge in [-0.2, -0.15) is 8.78 Å². The normalized spacial score (nSPS) is 19.2. The number of hydrogen-bond acceptors (Lipinski definition) is 5. The van der Waals surface area contributed by atoms with Gasteiger partial charge in [-0.15, -0.1) is 0 Å². The molecule has 1 fully saturated rings. The zero-order valence-electron chi connectivity index (χ0n) is 13.5. The molecule has 3 rings (SSSR count). The van der Waals surface area contributed by atoms with E-state index in [-0.39, 0.29) is 10.9 Å². The first kappa shape index (κ1) is 17.9. The number of benzene rings is 1. The standard InChI is InChI=1S/C17H19F2N3O2S/c18-17(19)25(23,24)15-5-3-13(4-6-15)12-22-9-8-21-11-16(22)14-2-1-7-20-10-14/h1-7,10,16-17,21H,8-9,11-12H2. The number of alkyl halides is 2. The molecular formula is C17H19F2N3O2S. The molecule has 1 aromatic carbocycles. The van der Waals surface area contributed by atoms with Crippen molar-refractivity contribution < 1.29 is 17.2 Å². The fraction of sp³-hybridized carbons (Fsp3) is 0.353. The number of nitrogens with one attached hydrogen (secondary N) is 1. The highest BCUT2D eigenvalue weighted by atomic mass is 32.2. The summed E-state index contributed by atoms with van der Waals surface area (Å²) in [4.78, 5) is 6.08. The van der Waals surface area contributed by atoms with Gasteiger partial charge in [-0.1, -0.05) is 18.2 Å². The van der Waals surface area contributed by atoms with E-state index in [1.807, 2.05) is 18.3 Å². The van der Waals surface area contributed by atoms with E-state index in [0.29, 0.717) is 6.54 Å². The average Bonchev–Trinajstić information content (AvgIpc) is 2.63. The minimum Gasteiger partial charge on any atom is -0.314 e. The van der Waals surface area contributed by atoms with Crippen molar-refractivity contribution in [3.63, 3.8) is 0 Å². The summed E-state index contributed by atoms with van der Waals surface area (Å²) in [6.07, 6.45) is 3.56. The fourth-order valence-corrected chi connectivity index (χ4v) is 3.68. The molecule has 134 valence electrons. The second-order valence-electron chi connectivity index (χ2n) is 5.93. The summed E-state index contributed by atoms with van der Waals surface area (Å²) >= 11 is 0. The Morgan fingerprint density at radius 2 is 2.00 bits per heavy atom. The third-order valence-electron chi connectivity index (χ3n) is 4.30. The second-order valence-corrected chi connectivity index (χ2v) is 7.84. The number of piperazine rings is 1. The van der Waals surface area contributed by atoms with Crippen molar-refractivity contribution in [3.05, 3.63) is 59.9 Å². The third-order valence-corrected chi connectivity index (χ3v) is 5.69. The van der Waals surface area contributed by atoms with Crippen molar-refractivity contribution in [1.82, 2.24) is 15.2 Å². The lowest BCUT2D eigenvalue weighted by atomic mass is 10.0. The Hall–Kier alpha value is -1.90. The van der Waals surface area contributed by atoms with Gasteiger partial charge in [0.25, 0.3) is 0 Å². The molecule has 1 saturated heterocycles. The lowest BCUT2D eigenvalue weighted by Gasteiger charge is -2.36. The van der Waals surface area contributed by atoms with Crippen molar-refractivity contribution in [1.29, 1.82) is 0 Å². The molecule has 0 radical (unpaired) electrons. The molecule has 2 heterocycles. The van der Waals surface area contributed by atoms with E-state index in [1.165, 1.54) is 12.1 Å². The van der Waals surface area contributed by atoms with Gasteiger partial charge in [0, 0.05) is 44.6 Å². The highest BCUT2D eigenvalue weighted by Gasteiger charge is 2.27. The van der Waals surface area contributed by atoms with Gasteiger partial charge in [0.05, 0.1) is 4.90 Å². The Bertz CT molecular complexity index is 798. The molecule has 2 aromatic rings. The van der Waals surface area contributed by atoms with Crippen LogP contribution < -0.4 is 5.32 Å². The minimum atomic E-state index is -4.55. The van der Waals surface area contributed by atoms with Crippen molar-refractivity contribution in [3.8, 4) is 0 Å². The maximum absolute atomic E-state index is 12.6. The molecule has 0 amide bonds. The zero-order chi connectivity index (χ0) is 17.9. The van der Waals surface area contributed by atoms with Gasteiger partial charge in [0.2, 0.25) is 9.84 Å². The number of hydrogen-bond donors (Lipinski definition) is 1. The van der Waals surface area contributed by atoms with Gasteiger partial charge in [-0.3, -0.25) is 9.88 Å². The van der Waals surface area contributed by atoms with E-state index in [4.69, 9.17) is 0 Å². The molecule has 1 aliphatic heterocycles. The first-order chi connectivity index (χ1) is 12.0. The van der Waals surface area contributed by atoms with Crippen LogP contribution in [0.4, 0.5) is 8.78 Å². The fourth-order valence-electron chi connectivity index (χ4n) is 2.96. The molecule has 1 atom stereocenters. The van der Waals surface area contributed by atoms with Crippen LogP contribution in [-0.4, -0.2) is 43.7 Å². The first-order valence-electron chi connectivity index (χ1n) is 7.94. The van der Waals surface area contributed by atoms with Gasteiger partial charge in [-0.25, -0.2) is 8.42 Å². The van der Waals surface area contributed by atoms with E-state index >= 15 is 0 Å². The van der Waals surface area contributed by atoms with E-state index in [2.05, 4.69) is 15.2 Å². The number of sulfone groups is 1. The van der Waals surface area contributed by atoms with E-state index < -0.39 is 15.6 Å². The largest absolute Gasteiger partial charge is 0.341 e. The van der Waals surface area contributed by atoms with Gasteiger partial charge < -0.3 is 5.32 Å². The molecule has 0 spiro atoms. The second kappa shape index (κ2) is 7.55. The number of aromatic nitrogens is 1. The maximum atomic E-state index is 12.6. The molecular weight excluding hydrogens is 348 g/mol. The van der Waals surface area contributed by atoms with Gasteiger partial charge >= 0.3 is 5.76 Å². The number of nitrogens with zero attached hydrogens (tertiary/aromatic N) is 2. The van der Waals surface area contributed by atoms with Crippen molar-refractivity contribution in [2.24, 2.45) is 0 Å². The van der Waals surface area contributed by atoms with E-state index in [1.54, 1.807) is 18.3 Å².